The van der Waals surface area contributed by atoms with Crippen molar-refractivity contribution in [2.45, 2.75) is 30.5 Å². The Morgan fingerprint density at radius 1 is 1.11 bits per heavy atom. The van der Waals surface area contributed by atoms with Gasteiger partial charge in [0, 0.05) is 16.9 Å². The Morgan fingerprint density at radius 2 is 1.80 bits per heavy atom. The molecule has 0 bridgehead atoms. The number of hydrogen-bond acceptors (Lipinski definition) is 2. The molecule has 1 fully saturated rings. The van der Waals surface area contributed by atoms with Gasteiger partial charge in [0.2, 0.25) is 0 Å². The Morgan fingerprint density at radius 3 is 2.34 bits per heavy atom. The topological polar surface area (TPSA) is 42.0 Å². The van der Waals surface area contributed by atoms with Gasteiger partial charge >= 0.3 is 6.18 Å². The van der Waals surface area contributed by atoms with E-state index in [2.05, 4.69) is 26.2 Å². The molecule has 0 radical (unpaired) electrons. The average molecular weight is 605 g/mol. The van der Waals surface area contributed by atoms with Crippen molar-refractivity contribution in [1.29, 1.82) is 0 Å². The standard InChI is InChI=1S/C25H17BrCl3F3N2O/c26-19-10-14(4-6-18(25(30,31)32)15-11-20(27)22(29)21(28)12-15)3-5-17(19)23(35)34-24(7-8-24)16-2-1-9-33-13-16/h1-6,9-13,18H,7-8H2,(H,34,35)/b6-4+. The predicted molar refractivity (Wildman–Crippen MR) is 136 cm³/mol. The first-order valence-electron chi connectivity index (χ1n) is 10.4. The summed E-state index contributed by atoms with van der Waals surface area (Å²) in [5.41, 5.74) is 1.21. The highest BCUT2D eigenvalue weighted by Crippen LogP contribution is 2.45. The first kappa shape index (κ1) is 26.0. The number of halogens is 7. The lowest BCUT2D eigenvalue weighted by molar-refractivity contribution is -0.139. The van der Waals surface area contributed by atoms with Crippen LogP contribution in [0.2, 0.25) is 15.1 Å². The van der Waals surface area contributed by atoms with Crippen LogP contribution in [0.25, 0.3) is 6.08 Å². The van der Waals surface area contributed by atoms with Gasteiger partial charge in [0.05, 0.1) is 32.1 Å². The van der Waals surface area contributed by atoms with Crippen LogP contribution in [0.4, 0.5) is 13.2 Å². The molecule has 1 amide bonds. The van der Waals surface area contributed by atoms with E-state index in [0.717, 1.165) is 36.6 Å². The van der Waals surface area contributed by atoms with E-state index in [1.165, 1.54) is 6.08 Å². The summed E-state index contributed by atoms with van der Waals surface area (Å²) in [5, 5.41) is 2.93. The van der Waals surface area contributed by atoms with Gasteiger partial charge in [0.15, 0.2) is 0 Å². The second-order valence-corrected chi connectivity index (χ2v) is 10.2. The summed E-state index contributed by atoms with van der Waals surface area (Å²) in [7, 11) is 0. The molecular weight excluding hydrogens is 588 g/mol. The second-order valence-electron chi connectivity index (χ2n) is 8.19. The summed E-state index contributed by atoms with van der Waals surface area (Å²) < 4.78 is 41.8. The van der Waals surface area contributed by atoms with Gasteiger partial charge in [0.1, 0.15) is 0 Å². The number of aromatic nitrogens is 1. The van der Waals surface area contributed by atoms with E-state index >= 15 is 0 Å². The summed E-state index contributed by atoms with van der Waals surface area (Å²) >= 11 is 21.1. The third-order valence-corrected chi connectivity index (χ3v) is 7.61. The summed E-state index contributed by atoms with van der Waals surface area (Å²) in [6, 6.07) is 10.8. The lowest BCUT2D eigenvalue weighted by atomic mass is 9.97. The highest BCUT2D eigenvalue weighted by Gasteiger charge is 2.46. The summed E-state index contributed by atoms with van der Waals surface area (Å²) in [5.74, 6) is -2.24. The number of hydrogen-bond donors (Lipinski definition) is 1. The zero-order valence-corrected chi connectivity index (χ0v) is 21.7. The first-order chi connectivity index (χ1) is 16.5. The number of carbonyl (C=O) groups is 1. The number of amides is 1. The molecule has 1 saturated carbocycles. The van der Waals surface area contributed by atoms with E-state index in [1.54, 1.807) is 30.6 Å². The minimum atomic E-state index is -4.58. The molecule has 0 saturated heterocycles. The van der Waals surface area contributed by atoms with E-state index < -0.39 is 17.6 Å². The van der Waals surface area contributed by atoms with Crippen molar-refractivity contribution < 1.29 is 18.0 Å². The molecule has 0 aliphatic heterocycles. The van der Waals surface area contributed by atoms with Crippen molar-refractivity contribution >= 4 is 62.7 Å². The molecule has 4 rings (SSSR count). The number of pyridine rings is 1. The maximum absolute atomic E-state index is 13.8. The largest absolute Gasteiger partial charge is 0.399 e. The van der Waals surface area contributed by atoms with Crippen molar-refractivity contribution in [1.82, 2.24) is 10.3 Å². The molecule has 3 nitrogen and oxygen atoms in total. The van der Waals surface area contributed by atoms with E-state index in [1.807, 2.05) is 12.1 Å². The van der Waals surface area contributed by atoms with Crippen LogP contribution in [-0.2, 0) is 5.54 Å². The van der Waals surface area contributed by atoms with Crippen LogP contribution in [0.1, 0.15) is 45.8 Å². The number of benzene rings is 2. The lowest BCUT2D eigenvalue weighted by Gasteiger charge is -2.19. The fourth-order valence-electron chi connectivity index (χ4n) is 3.73. The number of carbonyl (C=O) groups excluding carboxylic acids is 1. The Hall–Kier alpha value is -2.06. The zero-order chi connectivity index (χ0) is 25.4. The van der Waals surface area contributed by atoms with Crippen molar-refractivity contribution in [3.63, 3.8) is 0 Å². The third-order valence-electron chi connectivity index (χ3n) is 5.75. The van der Waals surface area contributed by atoms with Crippen LogP contribution >= 0.6 is 50.7 Å². The lowest BCUT2D eigenvalue weighted by Crippen LogP contribution is -2.35. The van der Waals surface area contributed by atoms with Gasteiger partial charge in [0.25, 0.3) is 5.91 Å². The molecule has 1 heterocycles. The van der Waals surface area contributed by atoms with Crippen molar-refractivity contribution in [3.05, 3.63) is 103 Å². The van der Waals surface area contributed by atoms with Gasteiger partial charge < -0.3 is 5.32 Å². The zero-order valence-electron chi connectivity index (χ0n) is 17.8. The van der Waals surface area contributed by atoms with Crippen LogP contribution in [0.3, 0.4) is 0 Å². The minimum absolute atomic E-state index is 0.00344. The van der Waals surface area contributed by atoms with Crippen molar-refractivity contribution in [3.8, 4) is 0 Å². The van der Waals surface area contributed by atoms with Gasteiger partial charge in [-0.1, -0.05) is 59.1 Å². The highest BCUT2D eigenvalue weighted by atomic mass is 79.9. The van der Waals surface area contributed by atoms with E-state index in [0.29, 0.717) is 15.6 Å². The molecule has 1 aliphatic carbocycles. The van der Waals surface area contributed by atoms with E-state index in [-0.39, 0.29) is 26.5 Å². The van der Waals surface area contributed by atoms with Crippen LogP contribution in [-0.4, -0.2) is 17.1 Å². The summed E-state index contributed by atoms with van der Waals surface area (Å²) in [6.07, 6.45) is 2.77. The molecule has 1 N–H and O–H groups in total. The van der Waals surface area contributed by atoms with Gasteiger partial charge in [-0.05, 0) is 75.8 Å². The fraction of sp³-hybridized carbons (Fsp3) is 0.200. The number of nitrogens with one attached hydrogen (secondary N) is 1. The monoisotopic (exact) mass is 602 g/mol. The molecule has 35 heavy (non-hydrogen) atoms. The molecule has 1 unspecified atom stereocenters. The average Bonchev–Trinajstić information content (AvgIpc) is 3.57. The number of rotatable bonds is 6. The van der Waals surface area contributed by atoms with Crippen LogP contribution < -0.4 is 5.32 Å². The van der Waals surface area contributed by atoms with Crippen LogP contribution in [0.15, 0.2) is 65.4 Å². The minimum Gasteiger partial charge on any atom is -0.342 e. The molecule has 2 aromatic carbocycles. The maximum Gasteiger partial charge on any atom is 0.399 e. The molecule has 1 atom stereocenters. The Kier molecular flexibility index (Phi) is 7.53. The van der Waals surface area contributed by atoms with Gasteiger partial charge in [-0.3, -0.25) is 9.78 Å². The maximum atomic E-state index is 13.8. The quantitative estimate of drug-likeness (QED) is 0.287. The first-order valence-corrected chi connectivity index (χ1v) is 12.3. The normalized spacial score (nSPS) is 15.7. The molecule has 1 aliphatic rings. The van der Waals surface area contributed by atoms with Gasteiger partial charge in [-0.15, -0.1) is 0 Å². The summed E-state index contributed by atoms with van der Waals surface area (Å²) in [4.78, 5) is 17.0. The predicted octanol–water partition coefficient (Wildman–Crippen LogP) is 8.58. The van der Waals surface area contributed by atoms with E-state index in [4.69, 9.17) is 34.8 Å². The third kappa shape index (κ3) is 5.85. The van der Waals surface area contributed by atoms with Crippen LogP contribution in [0.5, 0.6) is 0 Å². The number of alkyl halides is 3. The number of nitrogens with zero attached hydrogens (tertiary/aromatic N) is 1. The SMILES string of the molecule is O=C(NC1(c2cccnc2)CC1)c1ccc(/C=C/C(c2cc(Cl)c(Cl)c(Cl)c2)C(F)(F)F)cc1Br. The smallest absolute Gasteiger partial charge is 0.342 e. The van der Waals surface area contributed by atoms with Gasteiger partial charge in [-0.25, -0.2) is 0 Å². The summed E-state index contributed by atoms with van der Waals surface area (Å²) in [6.45, 7) is 0. The highest BCUT2D eigenvalue weighted by molar-refractivity contribution is 9.10. The Balaban J connectivity index is 1.55. The molecule has 10 heteroatoms. The Bertz CT molecular complexity index is 1270. The molecule has 1 aromatic heterocycles. The van der Waals surface area contributed by atoms with Crippen molar-refractivity contribution in [2.75, 3.05) is 0 Å². The molecule has 182 valence electrons. The molecular formula is C25H17BrCl3F3N2O. The fourth-order valence-corrected chi connectivity index (χ4v) is 4.92. The van der Waals surface area contributed by atoms with Gasteiger partial charge in [-0.2, -0.15) is 13.2 Å². The Labute approximate surface area is 223 Å². The second kappa shape index (κ2) is 10.1. The van der Waals surface area contributed by atoms with Crippen molar-refractivity contribution in [2.24, 2.45) is 0 Å². The van der Waals surface area contributed by atoms with Crippen LogP contribution in [0, 0.1) is 0 Å². The molecule has 3 aromatic rings. The number of allylic oxidation sites excluding steroid dienone is 1. The molecule has 0 spiro atoms. The van der Waals surface area contributed by atoms with E-state index in [9.17, 15) is 18.0 Å².